The first-order valence-electron chi connectivity index (χ1n) is 10.6. The van der Waals surface area contributed by atoms with Crippen molar-refractivity contribution >= 4 is 15.9 Å². The zero-order valence-electron chi connectivity index (χ0n) is 18.0. The largest absolute Gasteiger partial charge is 0.496 e. The minimum absolute atomic E-state index is 0.00333. The number of hydrogen-bond donors (Lipinski definition) is 2. The molecule has 0 bridgehead atoms. The van der Waals surface area contributed by atoms with Gasteiger partial charge in [-0.25, -0.2) is 13.1 Å². The Labute approximate surface area is 184 Å². The summed E-state index contributed by atoms with van der Waals surface area (Å²) in [6.45, 7) is 1.70. The number of carbonyl (C=O) groups excluding carboxylic acids is 1. The molecule has 0 aromatic heterocycles. The van der Waals surface area contributed by atoms with E-state index in [0.29, 0.717) is 11.5 Å². The van der Waals surface area contributed by atoms with Crippen molar-refractivity contribution in [1.29, 1.82) is 0 Å². The summed E-state index contributed by atoms with van der Waals surface area (Å²) in [6.07, 6.45) is 5.02. The normalized spacial score (nSPS) is 15.8. The number of benzene rings is 2. The van der Waals surface area contributed by atoms with Gasteiger partial charge in [0.1, 0.15) is 11.5 Å². The van der Waals surface area contributed by atoms with Crippen molar-refractivity contribution in [3.05, 3.63) is 54.1 Å². The van der Waals surface area contributed by atoms with E-state index >= 15 is 0 Å². The van der Waals surface area contributed by atoms with Gasteiger partial charge in [0.05, 0.1) is 18.0 Å². The monoisotopic (exact) mass is 446 g/mol. The molecule has 1 saturated carbocycles. The molecule has 0 spiro atoms. The molecule has 3 rings (SSSR count). The molecule has 31 heavy (non-hydrogen) atoms. The van der Waals surface area contributed by atoms with Crippen molar-refractivity contribution in [2.45, 2.75) is 56.0 Å². The summed E-state index contributed by atoms with van der Waals surface area (Å²) in [5, 5.41) is 2.87. The van der Waals surface area contributed by atoms with E-state index in [1.165, 1.54) is 12.1 Å². The van der Waals surface area contributed by atoms with Gasteiger partial charge in [-0.05, 0) is 50.1 Å². The van der Waals surface area contributed by atoms with Crippen LogP contribution in [-0.2, 0) is 14.8 Å². The maximum atomic E-state index is 12.6. The van der Waals surface area contributed by atoms with Crippen LogP contribution in [0.2, 0.25) is 0 Å². The van der Waals surface area contributed by atoms with E-state index in [-0.39, 0.29) is 29.5 Å². The summed E-state index contributed by atoms with van der Waals surface area (Å²) in [5.74, 6) is 0.848. The third-order valence-corrected chi connectivity index (χ3v) is 6.95. The zero-order chi connectivity index (χ0) is 22.3. The molecule has 0 unspecified atom stereocenters. The van der Waals surface area contributed by atoms with Crippen molar-refractivity contribution in [1.82, 2.24) is 10.0 Å². The van der Waals surface area contributed by atoms with Crippen LogP contribution in [0.5, 0.6) is 11.5 Å². The summed E-state index contributed by atoms with van der Waals surface area (Å²) < 4.78 is 38.8. The number of para-hydroxylation sites is 1. The third-order valence-electron chi connectivity index (χ3n) is 5.41. The Morgan fingerprint density at radius 3 is 2.42 bits per heavy atom. The molecular weight excluding hydrogens is 416 g/mol. The molecule has 1 aliphatic carbocycles. The summed E-state index contributed by atoms with van der Waals surface area (Å²) in [7, 11) is -1.97. The van der Waals surface area contributed by atoms with Gasteiger partial charge in [-0.15, -0.1) is 0 Å². The van der Waals surface area contributed by atoms with Gasteiger partial charge < -0.3 is 14.8 Å². The first kappa shape index (κ1) is 23.1. The summed E-state index contributed by atoms with van der Waals surface area (Å²) in [6, 6.07) is 13.4. The highest BCUT2D eigenvalue weighted by molar-refractivity contribution is 7.89. The molecule has 2 aromatic carbocycles. The Hall–Kier alpha value is -2.58. The summed E-state index contributed by atoms with van der Waals surface area (Å²) >= 11 is 0. The van der Waals surface area contributed by atoms with Crippen molar-refractivity contribution in [3.8, 4) is 11.5 Å². The Kier molecular flexibility index (Phi) is 7.92. The van der Waals surface area contributed by atoms with Gasteiger partial charge in [-0.3, -0.25) is 4.79 Å². The van der Waals surface area contributed by atoms with Gasteiger partial charge in [-0.2, -0.15) is 0 Å². The number of amides is 1. The molecular formula is C23H30N2O5S. The minimum atomic E-state index is -3.56. The van der Waals surface area contributed by atoms with Crippen molar-refractivity contribution in [2.75, 3.05) is 13.7 Å². The van der Waals surface area contributed by atoms with Crippen molar-refractivity contribution in [2.24, 2.45) is 0 Å². The van der Waals surface area contributed by atoms with Crippen LogP contribution in [0.4, 0.5) is 0 Å². The molecule has 168 valence electrons. The van der Waals surface area contributed by atoms with E-state index in [1.54, 1.807) is 19.2 Å². The number of ether oxygens (including phenoxy) is 2. The number of carbonyl (C=O) groups is 1. The van der Waals surface area contributed by atoms with Crippen LogP contribution in [0.15, 0.2) is 53.4 Å². The van der Waals surface area contributed by atoms with E-state index < -0.39 is 10.0 Å². The topological polar surface area (TPSA) is 93.7 Å². The number of hydrogen-bond acceptors (Lipinski definition) is 5. The van der Waals surface area contributed by atoms with Crippen LogP contribution in [0, 0.1) is 0 Å². The van der Waals surface area contributed by atoms with E-state index in [9.17, 15) is 13.2 Å². The Morgan fingerprint density at radius 2 is 1.74 bits per heavy atom. The van der Waals surface area contributed by atoms with Crippen LogP contribution in [0.25, 0.3) is 0 Å². The second-order valence-corrected chi connectivity index (χ2v) is 9.46. The second-order valence-electron chi connectivity index (χ2n) is 7.75. The predicted octanol–water partition coefficient (Wildman–Crippen LogP) is 3.56. The fourth-order valence-corrected chi connectivity index (χ4v) is 5.06. The average molecular weight is 447 g/mol. The molecule has 1 amide bonds. The quantitative estimate of drug-likeness (QED) is 0.614. The van der Waals surface area contributed by atoms with Crippen LogP contribution in [-0.4, -0.2) is 34.1 Å². The van der Waals surface area contributed by atoms with Gasteiger partial charge in [0.2, 0.25) is 10.0 Å². The number of methoxy groups -OCH3 is 1. The Bertz CT molecular complexity index is 970. The SMILES string of the molecule is COc1ccccc1[C@H](C)NC(=O)COc1ccc(S(=O)(=O)NC2CCCCC2)cc1. The molecule has 0 radical (unpaired) electrons. The number of sulfonamides is 1. The minimum Gasteiger partial charge on any atom is -0.496 e. The van der Waals surface area contributed by atoms with Crippen molar-refractivity contribution in [3.63, 3.8) is 0 Å². The first-order valence-corrected chi connectivity index (χ1v) is 12.0. The lowest BCUT2D eigenvalue weighted by molar-refractivity contribution is -0.123. The average Bonchev–Trinajstić information content (AvgIpc) is 2.78. The van der Waals surface area contributed by atoms with Gasteiger partial charge in [-0.1, -0.05) is 37.5 Å². The molecule has 8 heteroatoms. The lowest BCUT2D eigenvalue weighted by Crippen LogP contribution is -2.36. The molecule has 1 aliphatic rings. The highest BCUT2D eigenvalue weighted by Crippen LogP contribution is 2.24. The fraction of sp³-hybridized carbons (Fsp3) is 0.435. The molecule has 7 nitrogen and oxygen atoms in total. The van der Waals surface area contributed by atoms with E-state index in [2.05, 4.69) is 10.0 Å². The maximum Gasteiger partial charge on any atom is 0.258 e. The van der Waals surface area contributed by atoms with Gasteiger partial charge >= 0.3 is 0 Å². The van der Waals surface area contributed by atoms with Crippen LogP contribution >= 0.6 is 0 Å². The Balaban J connectivity index is 1.52. The number of nitrogens with one attached hydrogen (secondary N) is 2. The van der Waals surface area contributed by atoms with E-state index in [0.717, 1.165) is 37.7 Å². The standard InChI is InChI=1S/C23H30N2O5S/c1-17(21-10-6-7-11-22(21)29-2)24-23(26)16-30-19-12-14-20(15-13-19)31(27,28)25-18-8-4-3-5-9-18/h6-7,10-15,17-18,25H,3-5,8-9,16H2,1-2H3,(H,24,26)/t17-/m0/s1. The highest BCUT2D eigenvalue weighted by atomic mass is 32.2. The first-order chi connectivity index (χ1) is 14.9. The molecule has 2 aromatic rings. The molecule has 0 heterocycles. The number of rotatable bonds is 9. The molecule has 1 atom stereocenters. The Morgan fingerprint density at radius 1 is 1.06 bits per heavy atom. The van der Waals surface area contributed by atoms with Crippen LogP contribution < -0.4 is 19.5 Å². The van der Waals surface area contributed by atoms with Crippen LogP contribution in [0.1, 0.15) is 50.6 Å². The molecule has 2 N–H and O–H groups in total. The zero-order valence-corrected chi connectivity index (χ0v) is 18.8. The highest BCUT2D eigenvalue weighted by Gasteiger charge is 2.22. The van der Waals surface area contributed by atoms with E-state index in [1.807, 2.05) is 31.2 Å². The van der Waals surface area contributed by atoms with Gasteiger partial charge in [0.25, 0.3) is 5.91 Å². The summed E-state index contributed by atoms with van der Waals surface area (Å²) in [5.41, 5.74) is 0.873. The fourth-order valence-electron chi connectivity index (χ4n) is 3.76. The third kappa shape index (κ3) is 6.45. The van der Waals surface area contributed by atoms with E-state index in [4.69, 9.17) is 9.47 Å². The molecule has 0 saturated heterocycles. The molecule has 1 fully saturated rings. The van der Waals surface area contributed by atoms with Crippen molar-refractivity contribution < 1.29 is 22.7 Å². The maximum absolute atomic E-state index is 12.6. The van der Waals surface area contributed by atoms with Gasteiger partial charge in [0, 0.05) is 11.6 Å². The molecule has 0 aliphatic heterocycles. The lowest BCUT2D eigenvalue weighted by Gasteiger charge is -2.22. The lowest BCUT2D eigenvalue weighted by atomic mass is 9.96. The smallest absolute Gasteiger partial charge is 0.258 e. The van der Waals surface area contributed by atoms with Gasteiger partial charge in [0.15, 0.2) is 6.61 Å². The second kappa shape index (κ2) is 10.6. The van der Waals surface area contributed by atoms with Crippen LogP contribution in [0.3, 0.4) is 0 Å². The predicted molar refractivity (Wildman–Crippen MR) is 119 cm³/mol. The summed E-state index contributed by atoms with van der Waals surface area (Å²) in [4.78, 5) is 12.5.